The second-order valence-electron chi connectivity index (χ2n) is 3.49. The number of furan rings is 1. The number of ether oxygens (including phenoxy) is 1. The summed E-state index contributed by atoms with van der Waals surface area (Å²) in [4.78, 5) is 0. The molecule has 17 heavy (non-hydrogen) atoms. The molecule has 2 N–H and O–H groups in total. The average Bonchev–Trinajstić information content (AvgIpc) is 2.76. The van der Waals surface area contributed by atoms with Crippen LogP contribution in [-0.4, -0.2) is 0 Å². The Morgan fingerprint density at radius 3 is 2.82 bits per heavy atom. The fourth-order valence-electron chi connectivity index (χ4n) is 1.35. The van der Waals surface area contributed by atoms with Crippen molar-refractivity contribution in [2.75, 3.05) is 0 Å². The van der Waals surface area contributed by atoms with Crippen molar-refractivity contribution in [1.29, 1.82) is 0 Å². The summed E-state index contributed by atoms with van der Waals surface area (Å²) in [5, 5.41) is 0.232. The van der Waals surface area contributed by atoms with E-state index in [1.54, 1.807) is 12.3 Å². The molecular weight excluding hydrogens is 245 g/mol. The molecule has 1 heterocycles. The molecule has 1 aromatic heterocycles. The fourth-order valence-corrected chi connectivity index (χ4v) is 1.57. The van der Waals surface area contributed by atoms with E-state index in [4.69, 9.17) is 26.5 Å². The molecule has 5 heteroatoms. The van der Waals surface area contributed by atoms with Crippen LogP contribution < -0.4 is 10.5 Å². The number of nitrogens with two attached hydrogens (primary N) is 1. The first kappa shape index (κ1) is 12.0. The molecule has 0 saturated heterocycles. The van der Waals surface area contributed by atoms with Gasteiger partial charge in [0.15, 0.2) is 0 Å². The highest BCUT2D eigenvalue weighted by Gasteiger charge is 2.05. The molecule has 0 saturated carbocycles. The molecule has 0 unspecified atom stereocenters. The quantitative estimate of drug-likeness (QED) is 0.913. The van der Waals surface area contributed by atoms with E-state index in [2.05, 4.69) is 0 Å². The summed E-state index contributed by atoms with van der Waals surface area (Å²) in [5.41, 5.74) is 6.34. The van der Waals surface area contributed by atoms with Gasteiger partial charge in [0.1, 0.15) is 23.9 Å². The van der Waals surface area contributed by atoms with Gasteiger partial charge in [-0.1, -0.05) is 11.6 Å². The van der Waals surface area contributed by atoms with Gasteiger partial charge in [-0.15, -0.1) is 0 Å². The summed E-state index contributed by atoms with van der Waals surface area (Å²) in [6, 6.07) is 5.76. The SMILES string of the molecule is NCc1coc(COc2ccc(F)cc2Cl)c1. The lowest BCUT2D eigenvalue weighted by Crippen LogP contribution is -1.96. The first-order chi connectivity index (χ1) is 8.19. The maximum absolute atomic E-state index is 12.8. The van der Waals surface area contributed by atoms with Crippen molar-refractivity contribution in [3.8, 4) is 5.75 Å². The van der Waals surface area contributed by atoms with E-state index in [9.17, 15) is 4.39 Å². The number of hydrogen-bond donors (Lipinski definition) is 1. The highest BCUT2D eigenvalue weighted by molar-refractivity contribution is 6.32. The number of halogens is 2. The third-order valence-electron chi connectivity index (χ3n) is 2.21. The minimum Gasteiger partial charge on any atom is -0.484 e. The second-order valence-corrected chi connectivity index (χ2v) is 3.90. The van der Waals surface area contributed by atoms with Crippen LogP contribution in [0.3, 0.4) is 0 Å². The van der Waals surface area contributed by atoms with E-state index < -0.39 is 5.82 Å². The first-order valence-electron chi connectivity index (χ1n) is 5.03. The molecule has 0 bridgehead atoms. The van der Waals surface area contributed by atoms with Crippen LogP contribution in [-0.2, 0) is 13.2 Å². The molecule has 2 aromatic rings. The van der Waals surface area contributed by atoms with Crippen LogP contribution in [0.1, 0.15) is 11.3 Å². The lowest BCUT2D eigenvalue weighted by Gasteiger charge is -2.05. The van der Waals surface area contributed by atoms with E-state index in [0.717, 1.165) is 5.56 Å². The van der Waals surface area contributed by atoms with Gasteiger partial charge in [0, 0.05) is 12.1 Å². The van der Waals surface area contributed by atoms with Crippen molar-refractivity contribution in [3.63, 3.8) is 0 Å². The van der Waals surface area contributed by atoms with Crippen molar-refractivity contribution < 1.29 is 13.5 Å². The highest BCUT2D eigenvalue weighted by atomic mass is 35.5. The van der Waals surface area contributed by atoms with Crippen LogP contribution in [0.2, 0.25) is 5.02 Å². The summed E-state index contributed by atoms with van der Waals surface area (Å²) in [7, 11) is 0. The lowest BCUT2D eigenvalue weighted by atomic mass is 10.3. The maximum atomic E-state index is 12.8. The Balaban J connectivity index is 2.02. The lowest BCUT2D eigenvalue weighted by molar-refractivity contribution is 0.270. The van der Waals surface area contributed by atoms with Crippen LogP contribution in [0.5, 0.6) is 5.75 Å². The van der Waals surface area contributed by atoms with Crippen LogP contribution in [0.4, 0.5) is 4.39 Å². The van der Waals surface area contributed by atoms with Crippen molar-refractivity contribution >= 4 is 11.6 Å². The molecule has 0 radical (unpaired) electrons. The summed E-state index contributed by atoms with van der Waals surface area (Å²) in [5.74, 6) is 0.662. The smallest absolute Gasteiger partial charge is 0.146 e. The number of hydrogen-bond acceptors (Lipinski definition) is 3. The van der Waals surface area contributed by atoms with Gasteiger partial charge in [0.05, 0.1) is 11.3 Å². The zero-order chi connectivity index (χ0) is 12.3. The second kappa shape index (κ2) is 5.21. The average molecular weight is 256 g/mol. The Morgan fingerprint density at radius 1 is 1.35 bits per heavy atom. The van der Waals surface area contributed by atoms with Crippen LogP contribution in [0.25, 0.3) is 0 Å². The molecule has 0 spiro atoms. The number of rotatable bonds is 4. The van der Waals surface area contributed by atoms with E-state index in [1.807, 2.05) is 0 Å². The van der Waals surface area contributed by atoms with E-state index in [0.29, 0.717) is 18.1 Å². The predicted octanol–water partition coefficient (Wildman–Crippen LogP) is 3.11. The zero-order valence-corrected chi connectivity index (χ0v) is 9.71. The molecular formula is C12H11ClFNO2. The van der Waals surface area contributed by atoms with Gasteiger partial charge in [0.2, 0.25) is 0 Å². The molecule has 0 aliphatic carbocycles. The molecule has 90 valence electrons. The molecule has 1 aromatic carbocycles. The van der Waals surface area contributed by atoms with Crippen molar-refractivity contribution in [1.82, 2.24) is 0 Å². The molecule has 0 aliphatic heterocycles. The van der Waals surface area contributed by atoms with Gasteiger partial charge in [-0.05, 0) is 24.3 Å². The van der Waals surface area contributed by atoms with Gasteiger partial charge in [-0.2, -0.15) is 0 Å². The first-order valence-corrected chi connectivity index (χ1v) is 5.41. The Morgan fingerprint density at radius 2 is 2.18 bits per heavy atom. The van der Waals surface area contributed by atoms with Gasteiger partial charge in [-0.3, -0.25) is 0 Å². The highest BCUT2D eigenvalue weighted by Crippen LogP contribution is 2.25. The van der Waals surface area contributed by atoms with Crippen molar-refractivity contribution in [3.05, 3.63) is 52.7 Å². The van der Waals surface area contributed by atoms with E-state index >= 15 is 0 Å². The molecule has 0 amide bonds. The fraction of sp³-hybridized carbons (Fsp3) is 0.167. The van der Waals surface area contributed by atoms with E-state index in [1.165, 1.54) is 18.2 Å². The third kappa shape index (κ3) is 2.99. The largest absolute Gasteiger partial charge is 0.484 e. The Labute approximate surface area is 103 Å². The molecule has 0 fully saturated rings. The summed E-state index contributed by atoms with van der Waals surface area (Å²) in [6.07, 6.45) is 1.57. The van der Waals surface area contributed by atoms with Crippen LogP contribution >= 0.6 is 11.6 Å². The predicted molar refractivity (Wildman–Crippen MR) is 62.3 cm³/mol. The minimum absolute atomic E-state index is 0.228. The van der Waals surface area contributed by atoms with Gasteiger partial charge in [-0.25, -0.2) is 4.39 Å². The van der Waals surface area contributed by atoms with Crippen molar-refractivity contribution in [2.45, 2.75) is 13.2 Å². The van der Waals surface area contributed by atoms with Crippen LogP contribution in [0, 0.1) is 5.82 Å². The minimum atomic E-state index is -0.397. The third-order valence-corrected chi connectivity index (χ3v) is 2.50. The Kier molecular flexibility index (Phi) is 3.66. The summed E-state index contributed by atoms with van der Waals surface area (Å²) >= 11 is 5.81. The Hall–Kier alpha value is -1.52. The van der Waals surface area contributed by atoms with Gasteiger partial charge in [0.25, 0.3) is 0 Å². The number of benzene rings is 1. The molecule has 0 atom stereocenters. The summed E-state index contributed by atoms with van der Waals surface area (Å²) < 4.78 is 23.4. The van der Waals surface area contributed by atoms with Crippen LogP contribution in [0.15, 0.2) is 34.9 Å². The van der Waals surface area contributed by atoms with E-state index in [-0.39, 0.29) is 11.6 Å². The maximum Gasteiger partial charge on any atom is 0.146 e. The Bertz CT molecular complexity index is 513. The molecule has 2 rings (SSSR count). The molecule has 3 nitrogen and oxygen atoms in total. The van der Waals surface area contributed by atoms with Crippen molar-refractivity contribution in [2.24, 2.45) is 5.73 Å². The topological polar surface area (TPSA) is 48.4 Å². The zero-order valence-electron chi connectivity index (χ0n) is 8.95. The monoisotopic (exact) mass is 255 g/mol. The molecule has 0 aliphatic rings. The normalized spacial score (nSPS) is 10.5. The van der Waals surface area contributed by atoms with Gasteiger partial charge >= 0.3 is 0 Å². The summed E-state index contributed by atoms with van der Waals surface area (Å²) in [6.45, 7) is 0.645. The standard InChI is InChI=1S/C12H11ClFNO2/c13-11-4-9(14)1-2-12(11)17-7-10-3-8(5-15)6-16-10/h1-4,6H,5,7,15H2. The van der Waals surface area contributed by atoms with Gasteiger partial charge < -0.3 is 14.9 Å².